The van der Waals surface area contributed by atoms with Gasteiger partial charge in [-0.05, 0) is 110 Å². The molecule has 0 atom stereocenters. The van der Waals surface area contributed by atoms with Gasteiger partial charge in [-0.1, -0.05) is 158 Å². The molecule has 0 unspecified atom stereocenters. The van der Waals surface area contributed by atoms with Crippen LogP contribution in [0.3, 0.4) is 0 Å². The summed E-state index contributed by atoms with van der Waals surface area (Å²) in [7, 11) is 0. The third-order valence-corrected chi connectivity index (χ3v) is 13.4. The Bertz CT molecular complexity index is 4290. The molecule has 5 nitrogen and oxygen atoms in total. The first kappa shape index (κ1) is 36.5. The van der Waals surface area contributed by atoms with E-state index in [2.05, 4.69) is 215 Å². The molecule has 11 aromatic carbocycles. The maximum Gasteiger partial charge on any atom is 0.164 e. The van der Waals surface area contributed by atoms with E-state index in [0.717, 1.165) is 44.5 Å². The summed E-state index contributed by atoms with van der Waals surface area (Å²) < 4.78 is 4.81. The van der Waals surface area contributed by atoms with Crippen LogP contribution < -0.4 is 0 Å². The summed E-state index contributed by atoms with van der Waals surface area (Å²) in [6.07, 6.45) is 0. The zero-order chi connectivity index (χ0) is 43.3. The van der Waals surface area contributed by atoms with Gasteiger partial charge < -0.3 is 9.13 Å². The molecule has 0 aliphatic rings. The van der Waals surface area contributed by atoms with Crippen molar-refractivity contribution >= 4 is 86.7 Å². The van der Waals surface area contributed by atoms with E-state index < -0.39 is 0 Å². The van der Waals surface area contributed by atoms with Crippen LogP contribution in [0.15, 0.2) is 224 Å². The van der Waals surface area contributed by atoms with Crippen molar-refractivity contribution in [2.75, 3.05) is 0 Å². The van der Waals surface area contributed by atoms with Crippen molar-refractivity contribution < 1.29 is 0 Å². The minimum Gasteiger partial charge on any atom is -0.309 e. The summed E-state index contributed by atoms with van der Waals surface area (Å²) >= 11 is 0. The van der Waals surface area contributed by atoms with Crippen LogP contribution in [0.2, 0.25) is 0 Å². The molecule has 0 N–H and O–H groups in total. The first-order valence-corrected chi connectivity index (χ1v) is 22.4. The smallest absolute Gasteiger partial charge is 0.164 e. The fourth-order valence-corrected chi connectivity index (χ4v) is 10.3. The number of fused-ring (bicyclic) bond motifs is 11. The highest BCUT2D eigenvalue weighted by Crippen LogP contribution is 2.39. The van der Waals surface area contributed by atoms with E-state index >= 15 is 0 Å². The van der Waals surface area contributed by atoms with Gasteiger partial charge in [-0.3, -0.25) is 0 Å². The maximum absolute atomic E-state index is 5.21. The number of aromatic nitrogens is 5. The predicted octanol–water partition coefficient (Wildman–Crippen LogP) is 15.7. The van der Waals surface area contributed by atoms with Gasteiger partial charge in [0.1, 0.15) is 0 Å². The summed E-state index contributed by atoms with van der Waals surface area (Å²) in [4.78, 5) is 15.4. The first-order chi connectivity index (χ1) is 32.7. The van der Waals surface area contributed by atoms with E-state index in [-0.39, 0.29) is 0 Å². The summed E-state index contributed by atoms with van der Waals surface area (Å²) in [5.41, 5.74) is 9.66. The molecule has 3 aromatic heterocycles. The zero-order valence-electron chi connectivity index (χ0n) is 35.6. The molecular formula is C61H37N5. The molecule has 0 saturated carbocycles. The van der Waals surface area contributed by atoms with Crippen LogP contribution >= 0.6 is 0 Å². The van der Waals surface area contributed by atoms with Crippen molar-refractivity contribution in [2.24, 2.45) is 0 Å². The maximum atomic E-state index is 5.21. The monoisotopic (exact) mass is 839 g/mol. The molecule has 0 amide bonds. The van der Waals surface area contributed by atoms with Crippen molar-refractivity contribution in [3.05, 3.63) is 224 Å². The Morgan fingerprint density at radius 3 is 1.42 bits per heavy atom. The van der Waals surface area contributed by atoms with Crippen LogP contribution in [0.1, 0.15) is 0 Å². The van der Waals surface area contributed by atoms with Crippen LogP contribution in [0.4, 0.5) is 0 Å². The Morgan fingerprint density at radius 1 is 0.227 bits per heavy atom. The molecule has 0 aliphatic heterocycles. The fourth-order valence-electron chi connectivity index (χ4n) is 10.3. The third-order valence-electron chi connectivity index (χ3n) is 13.4. The van der Waals surface area contributed by atoms with Crippen molar-refractivity contribution in [1.29, 1.82) is 0 Å². The highest BCUT2D eigenvalue weighted by Gasteiger charge is 2.19. The second-order valence-corrected chi connectivity index (χ2v) is 17.3. The molecule has 66 heavy (non-hydrogen) atoms. The van der Waals surface area contributed by atoms with Crippen molar-refractivity contribution in [3.8, 4) is 45.5 Å². The van der Waals surface area contributed by atoms with E-state index in [4.69, 9.17) is 15.0 Å². The number of rotatable bonds is 5. The first-order valence-electron chi connectivity index (χ1n) is 22.4. The molecule has 0 aliphatic carbocycles. The predicted molar refractivity (Wildman–Crippen MR) is 275 cm³/mol. The average molecular weight is 840 g/mol. The van der Waals surface area contributed by atoms with Crippen molar-refractivity contribution in [1.82, 2.24) is 24.1 Å². The normalized spacial score (nSPS) is 11.9. The van der Waals surface area contributed by atoms with Gasteiger partial charge in [0.25, 0.3) is 0 Å². The molecule has 14 rings (SSSR count). The Morgan fingerprint density at radius 2 is 0.712 bits per heavy atom. The van der Waals surface area contributed by atoms with Gasteiger partial charge in [0, 0.05) is 49.6 Å². The topological polar surface area (TPSA) is 48.5 Å². The van der Waals surface area contributed by atoms with Crippen LogP contribution in [-0.4, -0.2) is 24.1 Å². The summed E-state index contributed by atoms with van der Waals surface area (Å²) in [6, 6.07) is 80.6. The highest BCUT2D eigenvalue weighted by molar-refractivity contribution is 6.16. The van der Waals surface area contributed by atoms with Gasteiger partial charge >= 0.3 is 0 Å². The van der Waals surface area contributed by atoms with Crippen LogP contribution in [0, 0.1) is 0 Å². The van der Waals surface area contributed by atoms with E-state index in [9.17, 15) is 0 Å². The van der Waals surface area contributed by atoms with Gasteiger partial charge in [0.2, 0.25) is 0 Å². The molecular weight excluding hydrogens is 803 g/mol. The minimum atomic E-state index is 0.621. The van der Waals surface area contributed by atoms with Crippen LogP contribution in [-0.2, 0) is 0 Å². The molecule has 0 radical (unpaired) electrons. The highest BCUT2D eigenvalue weighted by atomic mass is 15.0. The molecule has 0 fully saturated rings. The summed E-state index contributed by atoms with van der Waals surface area (Å²) in [5, 5.41) is 14.6. The van der Waals surface area contributed by atoms with E-state index in [0.29, 0.717) is 17.5 Å². The van der Waals surface area contributed by atoms with Crippen molar-refractivity contribution in [2.45, 2.75) is 0 Å². The van der Waals surface area contributed by atoms with Gasteiger partial charge in [0.05, 0.1) is 22.1 Å². The Labute approximate surface area is 379 Å². The second kappa shape index (κ2) is 14.3. The zero-order valence-corrected chi connectivity index (χ0v) is 35.6. The van der Waals surface area contributed by atoms with Gasteiger partial charge in [-0.15, -0.1) is 0 Å². The molecule has 3 heterocycles. The lowest BCUT2D eigenvalue weighted by Gasteiger charge is -2.13. The lowest BCUT2D eigenvalue weighted by Crippen LogP contribution is -2.01. The lowest BCUT2D eigenvalue weighted by atomic mass is 10.00. The Kier molecular flexibility index (Phi) is 7.91. The largest absolute Gasteiger partial charge is 0.309 e. The minimum absolute atomic E-state index is 0.621. The lowest BCUT2D eigenvalue weighted by molar-refractivity contribution is 1.07. The van der Waals surface area contributed by atoms with Crippen LogP contribution in [0.25, 0.3) is 132 Å². The standard InChI is InChI=1S/C61H37N5/c1-2-14-39(15-3-1)59-62-60(64-61(63-59)45-28-30-50-43(31-45)26-25-38-13-6-7-20-49(38)50)44-18-12-19-47(32-44)65-55-23-10-9-22-52(55)54-35-46-33-48(29-27-42(46)37-58(54)65)66-56-24-11-8-21-51(56)53-34-40-16-4-5-17-41(40)36-57(53)66/h1-37H. The van der Waals surface area contributed by atoms with E-state index in [1.807, 2.05) is 18.2 Å². The number of benzene rings is 11. The molecule has 306 valence electrons. The fraction of sp³-hybridized carbons (Fsp3) is 0. The molecule has 0 saturated heterocycles. The third kappa shape index (κ3) is 5.70. The number of hydrogen-bond donors (Lipinski definition) is 0. The Hall–Kier alpha value is -8.93. The summed E-state index contributed by atoms with van der Waals surface area (Å²) in [6.45, 7) is 0. The number of nitrogens with zero attached hydrogens (tertiary/aromatic N) is 5. The second-order valence-electron chi connectivity index (χ2n) is 17.3. The van der Waals surface area contributed by atoms with Crippen LogP contribution in [0.5, 0.6) is 0 Å². The quantitative estimate of drug-likeness (QED) is 0.162. The number of para-hydroxylation sites is 2. The summed E-state index contributed by atoms with van der Waals surface area (Å²) in [5.74, 6) is 1.89. The molecule has 14 aromatic rings. The SMILES string of the molecule is c1ccc(-c2nc(-c3cccc(-n4c5ccccc5c5cc6cc(-n7c8ccccc8c8cc9ccccc9cc87)ccc6cc54)c3)nc(-c3ccc4c(ccc5ccccc54)c3)n2)cc1. The van der Waals surface area contributed by atoms with Gasteiger partial charge in [0.15, 0.2) is 17.5 Å². The molecule has 0 bridgehead atoms. The average Bonchev–Trinajstić information content (AvgIpc) is 3.88. The molecule has 0 spiro atoms. The number of hydrogen-bond acceptors (Lipinski definition) is 3. The van der Waals surface area contributed by atoms with E-state index in [1.54, 1.807) is 0 Å². The van der Waals surface area contributed by atoms with Gasteiger partial charge in [-0.2, -0.15) is 0 Å². The molecule has 5 heteroatoms. The van der Waals surface area contributed by atoms with E-state index in [1.165, 1.54) is 70.3 Å². The Balaban J connectivity index is 0.918. The van der Waals surface area contributed by atoms with Crippen molar-refractivity contribution in [3.63, 3.8) is 0 Å². The van der Waals surface area contributed by atoms with Gasteiger partial charge in [-0.25, -0.2) is 15.0 Å².